The van der Waals surface area contributed by atoms with Gasteiger partial charge >= 0.3 is 0 Å². The molecule has 0 amide bonds. The molecule has 2 nitrogen and oxygen atoms in total. The number of halogens is 14. The molecule has 34 heavy (non-hydrogen) atoms. The molecule has 0 bridgehead atoms. The lowest BCUT2D eigenvalue weighted by Gasteiger charge is -2.15. The van der Waals surface area contributed by atoms with E-state index in [4.69, 9.17) is 0 Å². The van der Waals surface area contributed by atoms with E-state index in [1.54, 1.807) is 0 Å². The maximum atomic E-state index is 14.2. The number of ether oxygens (including phenoxy) is 2. The quantitative estimate of drug-likeness (QED) is 0.208. The van der Waals surface area contributed by atoms with E-state index in [1.165, 1.54) is 0 Å². The van der Waals surface area contributed by atoms with Gasteiger partial charge < -0.3 is 9.47 Å². The summed E-state index contributed by atoms with van der Waals surface area (Å²) in [6.07, 6.45) is 0. The van der Waals surface area contributed by atoms with Crippen LogP contribution >= 0.6 is 0 Å². The monoisotopic (exact) mass is 514 g/mol. The summed E-state index contributed by atoms with van der Waals surface area (Å²) in [5.41, 5.74) is 0. The molecule has 0 saturated heterocycles. The van der Waals surface area contributed by atoms with Gasteiger partial charge in [-0.2, -0.15) is 35.1 Å². The lowest BCUT2D eigenvalue weighted by molar-refractivity contribution is 0.287. The van der Waals surface area contributed by atoms with Crippen LogP contribution in [0.15, 0.2) is 0 Å². The lowest BCUT2D eigenvalue weighted by atomic mass is 10.2. The minimum absolute atomic E-state index is 2.42. The molecule has 0 N–H and O–H groups in total. The summed E-state index contributed by atoms with van der Waals surface area (Å²) in [4.78, 5) is 0. The van der Waals surface area contributed by atoms with Gasteiger partial charge in [0.2, 0.25) is 104 Å². The van der Waals surface area contributed by atoms with Gasteiger partial charge in [-0.05, 0) is 0 Å². The molecule has 3 aromatic rings. The average molecular weight is 514 g/mol. The largest absolute Gasteiger partial charge is 0.444 e. The van der Waals surface area contributed by atoms with Gasteiger partial charge in [0.15, 0.2) is 0 Å². The minimum Gasteiger partial charge on any atom is -0.444 e. The standard InChI is InChI=1S/C18F14O2/c19-1-3(21)7(25)15(8(26)4(1)22)33-17-11(29)13(31)18(14(32)12(17)30)34-16-9(27)5(23)2(20)6(24)10(16)28. The van der Waals surface area contributed by atoms with Gasteiger partial charge in [-0.25, -0.2) is 26.3 Å². The molecular weight excluding hydrogens is 514 g/mol. The molecule has 0 radical (unpaired) electrons. The van der Waals surface area contributed by atoms with E-state index < -0.39 is 104 Å². The van der Waals surface area contributed by atoms with Crippen molar-refractivity contribution in [3.63, 3.8) is 0 Å². The molecule has 3 aromatic carbocycles. The third kappa shape index (κ3) is 3.62. The van der Waals surface area contributed by atoms with E-state index >= 15 is 0 Å². The number of benzene rings is 3. The first kappa shape index (κ1) is 24.9. The molecule has 0 fully saturated rings. The molecule has 0 aliphatic carbocycles. The molecule has 0 unspecified atom stereocenters. The van der Waals surface area contributed by atoms with Gasteiger partial charge in [-0.3, -0.25) is 0 Å². The predicted octanol–water partition coefficient (Wildman–Crippen LogP) is 7.22. The van der Waals surface area contributed by atoms with Gasteiger partial charge in [0.05, 0.1) is 0 Å². The highest BCUT2D eigenvalue weighted by atomic mass is 19.2. The van der Waals surface area contributed by atoms with Crippen LogP contribution in [0.25, 0.3) is 0 Å². The van der Waals surface area contributed by atoms with E-state index in [0.29, 0.717) is 0 Å². The zero-order valence-corrected chi connectivity index (χ0v) is 15.1. The van der Waals surface area contributed by atoms with Crippen LogP contribution in [0.5, 0.6) is 23.0 Å². The zero-order chi connectivity index (χ0) is 25.8. The van der Waals surface area contributed by atoms with Crippen LogP contribution in [0.3, 0.4) is 0 Å². The summed E-state index contributed by atoms with van der Waals surface area (Å²) in [6.45, 7) is 0. The molecule has 0 heterocycles. The fraction of sp³-hybridized carbons (Fsp3) is 0. The SMILES string of the molecule is Fc1c(F)c(F)c(Oc2c(F)c(F)c(Oc3c(F)c(F)c(F)c(F)c3F)c(F)c2F)c(F)c1F. The summed E-state index contributed by atoms with van der Waals surface area (Å²) in [5.74, 6) is -48.6. The van der Waals surface area contributed by atoms with E-state index in [1.807, 2.05) is 0 Å². The van der Waals surface area contributed by atoms with Crippen LogP contribution < -0.4 is 9.47 Å². The molecule has 0 saturated carbocycles. The smallest absolute Gasteiger partial charge is 0.208 e. The summed E-state index contributed by atoms with van der Waals surface area (Å²) < 4.78 is 198. The van der Waals surface area contributed by atoms with Gasteiger partial charge in [-0.1, -0.05) is 0 Å². The molecule has 0 aromatic heterocycles. The highest BCUT2D eigenvalue weighted by Gasteiger charge is 2.35. The Hall–Kier alpha value is -3.72. The van der Waals surface area contributed by atoms with Crippen molar-refractivity contribution in [1.29, 1.82) is 0 Å². The van der Waals surface area contributed by atoms with Crippen LogP contribution in [0, 0.1) is 81.4 Å². The second-order valence-electron chi connectivity index (χ2n) is 5.92. The third-order valence-corrected chi connectivity index (χ3v) is 3.93. The molecule has 3 rings (SSSR count). The number of rotatable bonds is 4. The molecule has 0 aliphatic rings. The molecular formula is C18F14O2. The maximum absolute atomic E-state index is 14.2. The van der Waals surface area contributed by atoms with Crippen molar-refractivity contribution < 1.29 is 70.9 Å². The summed E-state index contributed by atoms with van der Waals surface area (Å²) in [5, 5.41) is 0. The maximum Gasteiger partial charge on any atom is 0.208 e. The van der Waals surface area contributed by atoms with Crippen molar-refractivity contribution in [2.75, 3.05) is 0 Å². The Labute approximate surface area is 176 Å². The fourth-order valence-electron chi connectivity index (χ4n) is 2.32. The van der Waals surface area contributed by atoms with Crippen LogP contribution in [0.4, 0.5) is 61.5 Å². The van der Waals surface area contributed by atoms with Crippen molar-refractivity contribution >= 4 is 0 Å². The third-order valence-electron chi connectivity index (χ3n) is 3.93. The van der Waals surface area contributed by atoms with E-state index in [0.717, 1.165) is 0 Å². The van der Waals surface area contributed by atoms with Gasteiger partial charge in [0.1, 0.15) is 0 Å². The van der Waals surface area contributed by atoms with Gasteiger partial charge in [0.25, 0.3) is 0 Å². The Morgan fingerprint density at radius 1 is 0.206 bits per heavy atom. The zero-order valence-electron chi connectivity index (χ0n) is 15.1. The first-order chi connectivity index (χ1) is 15.7. The highest BCUT2D eigenvalue weighted by Crippen LogP contribution is 2.42. The Balaban J connectivity index is 2.18. The van der Waals surface area contributed by atoms with Crippen LogP contribution in [-0.4, -0.2) is 0 Å². The van der Waals surface area contributed by atoms with Crippen molar-refractivity contribution in [3.05, 3.63) is 81.4 Å². The van der Waals surface area contributed by atoms with E-state index in [9.17, 15) is 61.5 Å². The first-order valence-electron chi connectivity index (χ1n) is 7.96. The minimum atomic E-state index is -2.83. The Kier molecular flexibility index (Phi) is 6.28. The Morgan fingerprint density at radius 2 is 0.324 bits per heavy atom. The topological polar surface area (TPSA) is 18.5 Å². The van der Waals surface area contributed by atoms with Crippen molar-refractivity contribution in [2.24, 2.45) is 0 Å². The average Bonchev–Trinajstić information content (AvgIpc) is 2.81. The van der Waals surface area contributed by atoms with Crippen LogP contribution in [-0.2, 0) is 0 Å². The molecule has 16 heteroatoms. The van der Waals surface area contributed by atoms with Gasteiger partial charge in [-0.15, -0.1) is 0 Å². The number of hydrogen-bond acceptors (Lipinski definition) is 2. The molecule has 182 valence electrons. The van der Waals surface area contributed by atoms with Crippen molar-refractivity contribution in [3.8, 4) is 23.0 Å². The Bertz CT molecular complexity index is 1160. The number of hydrogen-bond donors (Lipinski definition) is 0. The second kappa shape index (κ2) is 8.57. The molecule has 0 atom stereocenters. The highest BCUT2D eigenvalue weighted by molar-refractivity contribution is 5.44. The van der Waals surface area contributed by atoms with Crippen LogP contribution in [0.2, 0.25) is 0 Å². The molecule has 0 aliphatic heterocycles. The van der Waals surface area contributed by atoms with E-state index in [2.05, 4.69) is 9.47 Å². The summed E-state index contributed by atoms with van der Waals surface area (Å²) >= 11 is 0. The van der Waals surface area contributed by atoms with Crippen molar-refractivity contribution in [2.45, 2.75) is 0 Å². The summed E-state index contributed by atoms with van der Waals surface area (Å²) in [7, 11) is 0. The second-order valence-corrected chi connectivity index (χ2v) is 5.92. The first-order valence-corrected chi connectivity index (χ1v) is 7.96. The van der Waals surface area contributed by atoms with E-state index in [-0.39, 0.29) is 0 Å². The predicted molar refractivity (Wildman–Crippen MR) is 78.9 cm³/mol. The Morgan fingerprint density at radius 3 is 0.500 bits per heavy atom. The van der Waals surface area contributed by atoms with Crippen LogP contribution in [0.1, 0.15) is 0 Å². The fourth-order valence-corrected chi connectivity index (χ4v) is 2.32. The summed E-state index contributed by atoms with van der Waals surface area (Å²) in [6, 6.07) is 0. The lowest BCUT2D eigenvalue weighted by Crippen LogP contribution is -2.09. The van der Waals surface area contributed by atoms with Crippen molar-refractivity contribution in [1.82, 2.24) is 0 Å². The normalized spacial score (nSPS) is 11.2. The molecule has 0 spiro atoms. The van der Waals surface area contributed by atoms with Gasteiger partial charge in [0, 0.05) is 0 Å².